The summed E-state index contributed by atoms with van der Waals surface area (Å²) in [6.45, 7) is 5.16. The molecule has 2 rings (SSSR count). The highest BCUT2D eigenvalue weighted by Crippen LogP contribution is 2.19. The topological polar surface area (TPSA) is 87.9 Å². The van der Waals surface area contributed by atoms with E-state index in [1.165, 1.54) is 44.8 Å². The van der Waals surface area contributed by atoms with Crippen molar-refractivity contribution in [3.05, 3.63) is 24.2 Å². The largest absolute Gasteiger partial charge is 0.459 e. The number of halogens is 1. The predicted octanol–water partition coefficient (Wildman–Crippen LogP) is 2.92. The second-order valence-electron chi connectivity index (χ2n) is 6.40. The minimum Gasteiger partial charge on any atom is -0.459 e. The zero-order valence-electron chi connectivity index (χ0n) is 16.2. The summed E-state index contributed by atoms with van der Waals surface area (Å²) < 4.78 is 11.0. The van der Waals surface area contributed by atoms with Crippen LogP contribution in [0.25, 0.3) is 0 Å². The number of nitrogens with one attached hydrogen (secondary N) is 3. The number of guanidine groups is 1. The lowest BCUT2D eigenvalue weighted by Crippen LogP contribution is -2.41. The monoisotopic (exact) mass is 492 g/mol. The van der Waals surface area contributed by atoms with E-state index >= 15 is 0 Å². The van der Waals surface area contributed by atoms with Gasteiger partial charge in [-0.1, -0.05) is 25.7 Å². The normalized spacial score (nSPS) is 15.5. The van der Waals surface area contributed by atoms with Gasteiger partial charge in [-0.3, -0.25) is 9.79 Å². The minimum atomic E-state index is -0.212. The number of ether oxygens (including phenoxy) is 1. The summed E-state index contributed by atoms with van der Waals surface area (Å²) in [5.41, 5.74) is 0. The van der Waals surface area contributed by atoms with Crippen molar-refractivity contribution in [2.24, 2.45) is 4.99 Å². The Morgan fingerprint density at radius 1 is 1.19 bits per heavy atom. The van der Waals surface area contributed by atoms with Crippen molar-refractivity contribution < 1.29 is 13.9 Å². The van der Waals surface area contributed by atoms with Crippen LogP contribution in [-0.4, -0.2) is 50.8 Å². The third kappa shape index (κ3) is 9.99. The summed E-state index contributed by atoms with van der Waals surface area (Å²) in [6.07, 6.45) is 9.48. The van der Waals surface area contributed by atoms with Crippen LogP contribution in [0.5, 0.6) is 0 Å². The van der Waals surface area contributed by atoms with Crippen LogP contribution < -0.4 is 16.0 Å². The van der Waals surface area contributed by atoms with Gasteiger partial charge in [0.05, 0.1) is 25.5 Å². The van der Waals surface area contributed by atoms with Gasteiger partial charge >= 0.3 is 0 Å². The molecular weight excluding hydrogens is 459 g/mol. The zero-order chi connectivity index (χ0) is 18.5. The van der Waals surface area contributed by atoms with E-state index in [1.54, 1.807) is 12.1 Å². The van der Waals surface area contributed by atoms with Crippen LogP contribution >= 0.6 is 24.0 Å². The number of hydrogen-bond acceptors (Lipinski definition) is 4. The summed E-state index contributed by atoms with van der Waals surface area (Å²) in [5, 5.41) is 9.20. The summed E-state index contributed by atoms with van der Waals surface area (Å²) in [4.78, 5) is 16.3. The number of carbonyl (C=O) groups excluding carboxylic acids is 1. The lowest BCUT2D eigenvalue weighted by atomic mass is 10.1. The quantitative estimate of drug-likeness (QED) is 0.162. The second-order valence-corrected chi connectivity index (χ2v) is 6.40. The molecule has 0 unspecified atom stereocenters. The van der Waals surface area contributed by atoms with Gasteiger partial charge in [-0.2, -0.15) is 0 Å². The first-order chi connectivity index (χ1) is 12.8. The molecule has 0 bridgehead atoms. The number of amides is 1. The van der Waals surface area contributed by atoms with E-state index < -0.39 is 0 Å². The van der Waals surface area contributed by atoms with Gasteiger partial charge in [0.2, 0.25) is 0 Å². The number of rotatable bonds is 9. The molecule has 0 radical (unpaired) electrons. The molecule has 0 atom stereocenters. The van der Waals surface area contributed by atoms with E-state index in [-0.39, 0.29) is 29.9 Å². The van der Waals surface area contributed by atoms with Crippen LogP contribution in [-0.2, 0) is 4.74 Å². The van der Waals surface area contributed by atoms with Crippen molar-refractivity contribution in [2.75, 3.05) is 32.8 Å². The predicted molar refractivity (Wildman–Crippen MR) is 118 cm³/mol. The standard InChI is InChI=1S/C19H32N4O3.HI/c1-2-20-19(22-12-11-21-18(24)17-10-7-14-26-17)23-13-15-25-16-8-5-3-4-6-9-16;/h7,10,14,16H,2-6,8-9,11-13,15H2,1H3,(H,21,24)(H2,20,22,23);1H. The number of aliphatic imine (C=N–C) groups is 1. The molecule has 1 aliphatic rings. The van der Waals surface area contributed by atoms with Crippen molar-refractivity contribution in [3.63, 3.8) is 0 Å². The third-order valence-electron chi connectivity index (χ3n) is 4.31. The molecule has 7 nitrogen and oxygen atoms in total. The van der Waals surface area contributed by atoms with Crippen molar-refractivity contribution in [2.45, 2.75) is 51.6 Å². The Kier molecular flexibility index (Phi) is 13.0. The molecule has 0 aliphatic heterocycles. The molecule has 3 N–H and O–H groups in total. The number of hydrogen-bond donors (Lipinski definition) is 3. The molecule has 154 valence electrons. The average Bonchev–Trinajstić information content (AvgIpc) is 3.07. The first-order valence-electron chi connectivity index (χ1n) is 9.75. The fourth-order valence-corrected chi connectivity index (χ4v) is 2.98. The smallest absolute Gasteiger partial charge is 0.287 e. The van der Waals surface area contributed by atoms with Gasteiger partial charge < -0.3 is 25.1 Å². The molecule has 1 aromatic rings. The highest BCUT2D eigenvalue weighted by Gasteiger charge is 2.12. The van der Waals surface area contributed by atoms with E-state index in [1.807, 2.05) is 6.92 Å². The zero-order valence-corrected chi connectivity index (χ0v) is 18.5. The molecule has 1 aliphatic carbocycles. The molecule has 27 heavy (non-hydrogen) atoms. The fourth-order valence-electron chi connectivity index (χ4n) is 2.98. The van der Waals surface area contributed by atoms with Gasteiger partial charge in [-0.15, -0.1) is 24.0 Å². The number of nitrogens with zero attached hydrogens (tertiary/aromatic N) is 1. The second kappa shape index (κ2) is 14.7. The van der Waals surface area contributed by atoms with Gasteiger partial charge in [0.25, 0.3) is 5.91 Å². The molecule has 0 spiro atoms. The number of carbonyl (C=O) groups is 1. The highest BCUT2D eigenvalue weighted by atomic mass is 127. The van der Waals surface area contributed by atoms with Crippen molar-refractivity contribution in [3.8, 4) is 0 Å². The van der Waals surface area contributed by atoms with Gasteiger partial charge in [-0.05, 0) is 31.9 Å². The van der Waals surface area contributed by atoms with E-state index in [0.29, 0.717) is 38.1 Å². The summed E-state index contributed by atoms with van der Waals surface area (Å²) >= 11 is 0. The molecule has 1 amide bonds. The minimum absolute atomic E-state index is 0. The number of furan rings is 1. The summed E-state index contributed by atoms with van der Waals surface area (Å²) in [6, 6.07) is 3.34. The molecule has 1 fully saturated rings. The Morgan fingerprint density at radius 2 is 1.93 bits per heavy atom. The van der Waals surface area contributed by atoms with Gasteiger partial charge in [0, 0.05) is 19.6 Å². The van der Waals surface area contributed by atoms with Gasteiger partial charge in [0.1, 0.15) is 0 Å². The molecular formula is C19H33IN4O3. The van der Waals surface area contributed by atoms with Crippen LogP contribution in [0.2, 0.25) is 0 Å². The molecule has 1 aromatic heterocycles. The van der Waals surface area contributed by atoms with E-state index in [9.17, 15) is 4.79 Å². The van der Waals surface area contributed by atoms with E-state index in [0.717, 1.165) is 12.5 Å². The maximum Gasteiger partial charge on any atom is 0.287 e. The molecule has 8 heteroatoms. The van der Waals surface area contributed by atoms with Crippen LogP contribution in [0, 0.1) is 0 Å². The summed E-state index contributed by atoms with van der Waals surface area (Å²) in [7, 11) is 0. The Morgan fingerprint density at radius 3 is 2.59 bits per heavy atom. The van der Waals surface area contributed by atoms with Crippen molar-refractivity contribution in [1.29, 1.82) is 0 Å². The first kappa shape index (κ1) is 23.7. The Balaban J connectivity index is 0.00000364. The maximum atomic E-state index is 11.8. The fraction of sp³-hybridized carbons (Fsp3) is 0.684. The Bertz CT molecular complexity index is 529. The van der Waals surface area contributed by atoms with Crippen LogP contribution in [0.3, 0.4) is 0 Å². The lowest BCUT2D eigenvalue weighted by Gasteiger charge is -2.15. The van der Waals surface area contributed by atoms with Crippen molar-refractivity contribution >= 4 is 35.8 Å². The highest BCUT2D eigenvalue weighted by molar-refractivity contribution is 14.0. The third-order valence-corrected chi connectivity index (χ3v) is 4.31. The molecule has 0 saturated heterocycles. The summed E-state index contributed by atoms with van der Waals surface area (Å²) in [5.74, 6) is 0.848. The van der Waals surface area contributed by atoms with Gasteiger partial charge in [-0.25, -0.2) is 0 Å². The van der Waals surface area contributed by atoms with Crippen molar-refractivity contribution in [1.82, 2.24) is 16.0 Å². The van der Waals surface area contributed by atoms with Crippen LogP contribution in [0.15, 0.2) is 27.8 Å². The van der Waals surface area contributed by atoms with E-state index in [2.05, 4.69) is 20.9 Å². The van der Waals surface area contributed by atoms with Crippen LogP contribution in [0.1, 0.15) is 56.0 Å². The average molecular weight is 492 g/mol. The molecule has 1 saturated carbocycles. The van der Waals surface area contributed by atoms with E-state index in [4.69, 9.17) is 9.15 Å². The maximum absolute atomic E-state index is 11.8. The Hall–Kier alpha value is -1.29. The first-order valence-corrected chi connectivity index (χ1v) is 9.75. The SMILES string of the molecule is CCNC(=NCCOC1CCCCCC1)NCCNC(=O)c1ccco1.I. The lowest BCUT2D eigenvalue weighted by molar-refractivity contribution is 0.0487. The Labute approximate surface area is 179 Å². The molecule has 0 aromatic carbocycles. The van der Waals surface area contributed by atoms with Crippen LogP contribution in [0.4, 0.5) is 0 Å². The van der Waals surface area contributed by atoms with Gasteiger partial charge in [0.15, 0.2) is 11.7 Å². The molecule has 1 heterocycles.